The van der Waals surface area contributed by atoms with E-state index in [0.29, 0.717) is 6.54 Å². The maximum Gasteiger partial charge on any atom is 0.254 e. The Hall–Kier alpha value is -1.16. The molecular weight excluding hydrogens is 154 g/mol. The van der Waals surface area contributed by atoms with Crippen LogP contribution in [0.25, 0.3) is 0 Å². The molecule has 1 aromatic rings. The monoisotopic (exact) mass is 165 g/mol. The Balaban J connectivity index is 2.56. The first-order chi connectivity index (χ1) is 5.83. The summed E-state index contributed by atoms with van der Waals surface area (Å²) in [5.74, 6) is 0.220. The minimum atomic E-state index is -0.0204. The van der Waals surface area contributed by atoms with Gasteiger partial charge < -0.3 is 10.7 Å². The summed E-state index contributed by atoms with van der Waals surface area (Å²) in [4.78, 5) is 18.0. The summed E-state index contributed by atoms with van der Waals surface area (Å²) in [6.07, 6.45) is 3.31. The normalized spacial score (nSPS) is 20.9. The van der Waals surface area contributed by atoms with E-state index in [4.69, 9.17) is 5.73 Å². The molecule has 0 fully saturated rings. The zero-order chi connectivity index (χ0) is 8.55. The van der Waals surface area contributed by atoms with Gasteiger partial charge >= 0.3 is 0 Å². The van der Waals surface area contributed by atoms with Crippen LogP contribution in [-0.4, -0.2) is 16.5 Å². The third-order valence-corrected chi connectivity index (χ3v) is 2.39. The molecule has 0 saturated carbocycles. The van der Waals surface area contributed by atoms with Crippen molar-refractivity contribution >= 4 is 0 Å². The third-order valence-electron chi connectivity index (χ3n) is 2.39. The number of nitrogens with zero attached hydrogens (tertiary/aromatic N) is 1. The molecule has 1 aliphatic carbocycles. The molecule has 0 aliphatic heterocycles. The van der Waals surface area contributed by atoms with Crippen LogP contribution in [0.1, 0.15) is 23.6 Å². The highest BCUT2D eigenvalue weighted by molar-refractivity contribution is 5.26. The molecule has 0 aromatic carbocycles. The number of nitrogens with one attached hydrogen (secondary N) is 1. The molecule has 0 radical (unpaired) electrons. The quantitative estimate of drug-likeness (QED) is 0.603. The molecule has 0 spiro atoms. The van der Waals surface area contributed by atoms with Crippen molar-refractivity contribution in [3.63, 3.8) is 0 Å². The number of H-pyrrole nitrogens is 1. The SMILES string of the molecule is NCC1CCc2nc[nH]c(=O)c21. The van der Waals surface area contributed by atoms with Gasteiger partial charge in [0.25, 0.3) is 5.56 Å². The molecule has 0 saturated heterocycles. The summed E-state index contributed by atoms with van der Waals surface area (Å²) < 4.78 is 0. The second-order valence-electron chi connectivity index (χ2n) is 3.06. The molecule has 64 valence electrons. The Morgan fingerprint density at radius 2 is 2.58 bits per heavy atom. The summed E-state index contributed by atoms with van der Waals surface area (Å²) in [5.41, 5.74) is 7.25. The number of hydrogen-bond acceptors (Lipinski definition) is 3. The van der Waals surface area contributed by atoms with Crippen molar-refractivity contribution in [1.82, 2.24) is 9.97 Å². The van der Waals surface area contributed by atoms with Gasteiger partial charge in [0.1, 0.15) is 0 Å². The highest BCUT2D eigenvalue weighted by atomic mass is 16.1. The molecule has 1 aromatic heterocycles. The molecule has 2 rings (SSSR count). The van der Waals surface area contributed by atoms with E-state index < -0.39 is 0 Å². The van der Waals surface area contributed by atoms with Crippen molar-refractivity contribution in [3.8, 4) is 0 Å². The number of nitrogens with two attached hydrogens (primary N) is 1. The number of fused-ring (bicyclic) bond motifs is 1. The van der Waals surface area contributed by atoms with E-state index in [1.807, 2.05) is 0 Å². The van der Waals surface area contributed by atoms with Crippen molar-refractivity contribution in [2.75, 3.05) is 6.54 Å². The maximum atomic E-state index is 11.3. The summed E-state index contributed by atoms with van der Waals surface area (Å²) in [6.45, 7) is 0.543. The Kier molecular flexibility index (Phi) is 1.69. The fraction of sp³-hybridized carbons (Fsp3) is 0.500. The van der Waals surface area contributed by atoms with Crippen LogP contribution >= 0.6 is 0 Å². The average Bonchev–Trinajstić information content (AvgIpc) is 2.49. The van der Waals surface area contributed by atoms with E-state index in [9.17, 15) is 4.79 Å². The van der Waals surface area contributed by atoms with E-state index in [1.165, 1.54) is 6.33 Å². The molecule has 1 atom stereocenters. The molecule has 4 heteroatoms. The van der Waals surface area contributed by atoms with E-state index in [1.54, 1.807) is 0 Å². The Labute approximate surface area is 69.8 Å². The molecule has 12 heavy (non-hydrogen) atoms. The average molecular weight is 165 g/mol. The minimum absolute atomic E-state index is 0.0204. The van der Waals surface area contributed by atoms with Crippen LogP contribution in [0.4, 0.5) is 0 Å². The van der Waals surface area contributed by atoms with Crippen molar-refractivity contribution in [2.45, 2.75) is 18.8 Å². The van der Waals surface area contributed by atoms with Crippen LogP contribution in [0.5, 0.6) is 0 Å². The van der Waals surface area contributed by atoms with Gasteiger partial charge in [-0.15, -0.1) is 0 Å². The van der Waals surface area contributed by atoms with E-state index >= 15 is 0 Å². The highest BCUT2D eigenvalue weighted by Crippen LogP contribution is 2.26. The largest absolute Gasteiger partial charge is 0.330 e. The van der Waals surface area contributed by atoms with Gasteiger partial charge in [-0.1, -0.05) is 0 Å². The van der Waals surface area contributed by atoms with E-state index in [2.05, 4.69) is 9.97 Å². The zero-order valence-corrected chi connectivity index (χ0v) is 6.71. The molecule has 1 heterocycles. The number of rotatable bonds is 1. The van der Waals surface area contributed by atoms with Crippen LogP contribution in [0, 0.1) is 0 Å². The molecule has 1 unspecified atom stereocenters. The predicted octanol–water partition coefficient (Wildman–Crippen LogP) is -0.242. The second-order valence-corrected chi connectivity index (χ2v) is 3.06. The molecule has 0 amide bonds. The summed E-state index contributed by atoms with van der Waals surface area (Å²) in [5, 5.41) is 0. The van der Waals surface area contributed by atoms with Crippen molar-refractivity contribution < 1.29 is 0 Å². The van der Waals surface area contributed by atoms with E-state index in [-0.39, 0.29) is 11.5 Å². The Morgan fingerprint density at radius 1 is 1.75 bits per heavy atom. The van der Waals surface area contributed by atoms with Crippen LogP contribution < -0.4 is 11.3 Å². The zero-order valence-electron chi connectivity index (χ0n) is 6.71. The van der Waals surface area contributed by atoms with Gasteiger partial charge in [0.2, 0.25) is 0 Å². The fourth-order valence-corrected chi connectivity index (χ4v) is 1.76. The molecular formula is C8H11N3O. The number of aromatic nitrogens is 2. The molecule has 4 nitrogen and oxygen atoms in total. The number of aryl methyl sites for hydroxylation is 1. The summed E-state index contributed by atoms with van der Waals surface area (Å²) in [6, 6.07) is 0. The molecule has 3 N–H and O–H groups in total. The van der Waals surface area contributed by atoms with Gasteiger partial charge in [0.05, 0.1) is 12.0 Å². The van der Waals surface area contributed by atoms with Crippen molar-refractivity contribution in [1.29, 1.82) is 0 Å². The van der Waals surface area contributed by atoms with Crippen LogP contribution in [-0.2, 0) is 6.42 Å². The van der Waals surface area contributed by atoms with Crippen molar-refractivity contribution in [2.24, 2.45) is 5.73 Å². The Bertz CT molecular complexity index is 344. The molecule has 0 bridgehead atoms. The standard InChI is InChI=1S/C8H11N3O/c9-3-5-1-2-6-7(5)8(12)11-4-10-6/h4-5H,1-3,9H2,(H,10,11,12). The number of aromatic amines is 1. The smallest absolute Gasteiger partial charge is 0.254 e. The highest BCUT2D eigenvalue weighted by Gasteiger charge is 2.24. The maximum absolute atomic E-state index is 11.3. The van der Waals surface area contributed by atoms with Gasteiger partial charge in [-0.2, -0.15) is 0 Å². The first kappa shape index (κ1) is 7.49. The van der Waals surface area contributed by atoms with Gasteiger partial charge in [-0.05, 0) is 19.4 Å². The lowest BCUT2D eigenvalue weighted by Crippen LogP contribution is -2.19. The Morgan fingerprint density at radius 3 is 3.33 bits per heavy atom. The topological polar surface area (TPSA) is 71.8 Å². The lowest BCUT2D eigenvalue weighted by atomic mass is 10.1. The van der Waals surface area contributed by atoms with Crippen LogP contribution in [0.2, 0.25) is 0 Å². The van der Waals surface area contributed by atoms with Crippen LogP contribution in [0.15, 0.2) is 11.1 Å². The summed E-state index contributed by atoms with van der Waals surface area (Å²) in [7, 11) is 0. The lowest BCUT2D eigenvalue weighted by molar-refractivity contribution is 0.683. The van der Waals surface area contributed by atoms with E-state index in [0.717, 1.165) is 24.1 Å². The second kappa shape index (κ2) is 2.71. The van der Waals surface area contributed by atoms with Crippen molar-refractivity contribution in [3.05, 3.63) is 27.9 Å². The van der Waals surface area contributed by atoms with Gasteiger partial charge in [0, 0.05) is 11.5 Å². The van der Waals surface area contributed by atoms with Gasteiger partial charge in [0.15, 0.2) is 0 Å². The van der Waals surface area contributed by atoms with Gasteiger partial charge in [-0.25, -0.2) is 4.98 Å². The third kappa shape index (κ3) is 0.956. The number of hydrogen-bond donors (Lipinski definition) is 2. The summed E-state index contributed by atoms with van der Waals surface area (Å²) >= 11 is 0. The first-order valence-electron chi connectivity index (χ1n) is 4.09. The van der Waals surface area contributed by atoms with Gasteiger partial charge in [-0.3, -0.25) is 4.79 Å². The lowest BCUT2D eigenvalue weighted by Gasteiger charge is -2.04. The van der Waals surface area contributed by atoms with Crippen LogP contribution in [0.3, 0.4) is 0 Å². The predicted molar refractivity (Wildman–Crippen MR) is 45.0 cm³/mol. The molecule has 1 aliphatic rings. The minimum Gasteiger partial charge on any atom is -0.330 e. The fourth-order valence-electron chi connectivity index (χ4n) is 1.76. The first-order valence-corrected chi connectivity index (χ1v) is 4.09.